The van der Waals surface area contributed by atoms with Gasteiger partial charge in [0.2, 0.25) is 5.82 Å². The maximum Gasteiger partial charge on any atom is 0.264 e. The molecule has 0 aliphatic heterocycles. The molecule has 0 atom stereocenters. The summed E-state index contributed by atoms with van der Waals surface area (Å²) in [5.41, 5.74) is 1.63. The fourth-order valence-electron chi connectivity index (χ4n) is 2.28. The summed E-state index contributed by atoms with van der Waals surface area (Å²) in [5.74, 6) is -0.770. The van der Waals surface area contributed by atoms with Crippen LogP contribution in [-0.2, 0) is 6.61 Å². The molecular weight excluding hydrogens is 302 g/mol. The van der Waals surface area contributed by atoms with E-state index in [0.717, 1.165) is 29.0 Å². The third-order valence-electron chi connectivity index (χ3n) is 3.40. The highest BCUT2D eigenvalue weighted by Crippen LogP contribution is 2.26. The van der Waals surface area contributed by atoms with E-state index in [9.17, 15) is 8.78 Å². The lowest BCUT2D eigenvalue weighted by Crippen LogP contribution is -2.00. The van der Waals surface area contributed by atoms with E-state index in [-0.39, 0.29) is 23.9 Å². The number of nitrogens with zero attached hydrogens (tertiary/aromatic N) is 2. The lowest BCUT2D eigenvalue weighted by molar-refractivity contribution is 0.283. The number of para-hydroxylation sites is 1. The van der Waals surface area contributed by atoms with Crippen LogP contribution in [0.1, 0.15) is 17.0 Å². The maximum absolute atomic E-state index is 13.7. The molecule has 0 bridgehead atoms. The van der Waals surface area contributed by atoms with Crippen LogP contribution in [0.3, 0.4) is 0 Å². The Labute approximate surface area is 131 Å². The normalized spacial score (nSPS) is 10.8. The lowest BCUT2D eigenvalue weighted by Gasteiger charge is -2.09. The second-order valence-corrected chi connectivity index (χ2v) is 5.12. The Morgan fingerprint density at radius 3 is 2.26 bits per heavy atom. The van der Waals surface area contributed by atoms with Crippen LogP contribution in [0.5, 0.6) is 5.75 Å². The molecule has 0 fully saturated rings. The Kier molecular flexibility index (Phi) is 4.06. The molecule has 6 heteroatoms. The van der Waals surface area contributed by atoms with Crippen molar-refractivity contribution in [2.45, 2.75) is 20.5 Å². The lowest BCUT2D eigenvalue weighted by atomic mass is 10.1. The zero-order valence-electron chi connectivity index (χ0n) is 12.6. The van der Waals surface area contributed by atoms with Crippen molar-refractivity contribution in [3.05, 3.63) is 65.0 Å². The Balaban J connectivity index is 1.81. The van der Waals surface area contributed by atoms with E-state index in [1.807, 2.05) is 32.0 Å². The van der Waals surface area contributed by atoms with Crippen molar-refractivity contribution in [1.82, 2.24) is 10.1 Å². The molecule has 1 heterocycles. The SMILES string of the molecule is Cc1cccc(C)c1OCc1noc(-c2c(F)cccc2F)n1. The van der Waals surface area contributed by atoms with Gasteiger partial charge in [0.05, 0.1) is 0 Å². The first-order valence-electron chi connectivity index (χ1n) is 7.02. The van der Waals surface area contributed by atoms with Crippen molar-refractivity contribution in [1.29, 1.82) is 0 Å². The topological polar surface area (TPSA) is 48.2 Å². The van der Waals surface area contributed by atoms with Gasteiger partial charge in [0.1, 0.15) is 22.9 Å². The summed E-state index contributed by atoms with van der Waals surface area (Å²) in [7, 11) is 0. The van der Waals surface area contributed by atoms with Gasteiger partial charge in [-0.3, -0.25) is 0 Å². The minimum absolute atomic E-state index is 0.0469. The van der Waals surface area contributed by atoms with Crippen LogP contribution < -0.4 is 4.74 Å². The van der Waals surface area contributed by atoms with Crippen LogP contribution in [0.4, 0.5) is 8.78 Å². The van der Waals surface area contributed by atoms with E-state index in [1.165, 1.54) is 6.07 Å². The number of hydrogen-bond acceptors (Lipinski definition) is 4. The zero-order chi connectivity index (χ0) is 16.4. The molecule has 0 saturated carbocycles. The molecule has 2 aromatic carbocycles. The highest BCUT2D eigenvalue weighted by molar-refractivity contribution is 5.54. The predicted molar refractivity (Wildman–Crippen MR) is 79.9 cm³/mol. The van der Waals surface area contributed by atoms with E-state index < -0.39 is 11.6 Å². The molecule has 0 spiro atoms. The Bertz CT molecular complexity index is 806. The molecule has 1 aromatic heterocycles. The average Bonchev–Trinajstić information content (AvgIpc) is 2.95. The smallest absolute Gasteiger partial charge is 0.264 e. The summed E-state index contributed by atoms with van der Waals surface area (Å²) >= 11 is 0. The fraction of sp³-hybridized carbons (Fsp3) is 0.176. The fourth-order valence-corrected chi connectivity index (χ4v) is 2.28. The summed E-state index contributed by atoms with van der Waals surface area (Å²) in [6, 6.07) is 9.34. The van der Waals surface area contributed by atoms with Crippen LogP contribution in [0, 0.1) is 25.5 Å². The molecule has 0 radical (unpaired) electrons. The second kappa shape index (κ2) is 6.16. The van der Waals surface area contributed by atoms with Crippen molar-refractivity contribution in [3.8, 4) is 17.2 Å². The monoisotopic (exact) mass is 316 g/mol. The number of halogens is 2. The molecule has 3 aromatic rings. The van der Waals surface area contributed by atoms with E-state index in [4.69, 9.17) is 9.26 Å². The highest BCUT2D eigenvalue weighted by atomic mass is 19.1. The summed E-state index contributed by atoms with van der Waals surface area (Å²) in [4.78, 5) is 3.99. The number of rotatable bonds is 4. The van der Waals surface area contributed by atoms with Gasteiger partial charge in [-0.15, -0.1) is 0 Å². The van der Waals surface area contributed by atoms with E-state index in [0.29, 0.717) is 0 Å². The van der Waals surface area contributed by atoms with Gasteiger partial charge in [0.25, 0.3) is 5.89 Å². The van der Waals surface area contributed by atoms with Gasteiger partial charge in [0.15, 0.2) is 6.61 Å². The van der Waals surface area contributed by atoms with Crippen molar-refractivity contribution in [2.24, 2.45) is 0 Å². The minimum Gasteiger partial charge on any atom is -0.485 e. The quantitative estimate of drug-likeness (QED) is 0.723. The predicted octanol–water partition coefficient (Wildman–Crippen LogP) is 4.21. The molecule has 0 aliphatic rings. The largest absolute Gasteiger partial charge is 0.485 e. The first-order chi connectivity index (χ1) is 11.1. The molecular formula is C17H14F2N2O2. The van der Waals surface area contributed by atoms with Gasteiger partial charge >= 0.3 is 0 Å². The standard InChI is InChI=1S/C17H14F2N2O2/c1-10-5-3-6-11(2)16(10)22-9-14-20-17(23-21-14)15-12(18)7-4-8-13(15)19/h3-8H,9H2,1-2H3. The second-order valence-electron chi connectivity index (χ2n) is 5.12. The maximum atomic E-state index is 13.7. The molecule has 118 valence electrons. The van der Waals surface area contributed by atoms with Crippen LogP contribution in [-0.4, -0.2) is 10.1 Å². The van der Waals surface area contributed by atoms with Gasteiger partial charge in [-0.25, -0.2) is 8.78 Å². The zero-order valence-corrected chi connectivity index (χ0v) is 12.6. The summed E-state index contributed by atoms with van der Waals surface area (Å²) < 4.78 is 38.0. The van der Waals surface area contributed by atoms with Gasteiger partial charge < -0.3 is 9.26 Å². The minimum atomic E-state index is -0.754. The van der Waals surface area contributed by atoms with E-state index >= 15 is 0 Å². The van der Waals surface area contributed by atoms with Crippen molar-refractivity contribution < 1.29 is 18.0 Å². The Morgan fingerprint density at radius 2 is 1.61 bits per heavy atom. The van der Waals surface area contributed by atoms with Crippen LogP contribution in [0.15, 0.2) is 40.9 Å². The number of aryl methyl sites for hydroxylation is 2. The molecule has 3 rings (SSSR count). The third-order valence-corrected chi connectivity index (χ3v) is 3.40. The first-order valence-corrected chi connectivity index (χ1v) is 7.02. The molecule has 0 saturated heterocycles. The number of ether oxygens (including phenoxy) is 1. The van der Waals surface area contributed by atoms with Crippen LogP contribution in [0.2, 0.25) is 0 Å². The van der Waals surface area contributed by atoms with Gasteiger partial charge in [-0.05, 0) is 37.1 Å². The van der Waals surface area contributed by atoms with Crippen molar-refractivity contribution in [2.75, 3.05) is 0 Å². The van der Waals surface area contributed by atoms with Crippen LogP contribution >= 0.6 is 0 Å². The summed E-state index contributed by atoms with van der Waals surface area (Å²) in [6.45, 7) is 3.91. The van der Waals surface area contributed by atoms with Gasteiger partial charge in [0, 0.05) is 0 Å². The first kappa shape index (κ1) is 15.1. The molecule has 0 amide bonds. The molecule has 0 N–H and O–H groups in total. The summed E-state index contributed by atoms with van der Waals surface area (Å²) in [5, 5.41) is 3.70. The molecule has 0 aliphatic carbocycles. The van der Waals surface area contributed by atoms with Gasteiger partial charge in [-0.1, -0.05) is 29.4 Å². The molecule has 4 nitrogen and oxygen atoms in total. The van der Waals surface area contributed by atoms with E-state index in [2.05, 4.69) is 10.1 Å². The van der Waals surface area contributed by atoms with Crippen molar-refractivity contribution in [3.63, 3.8) is 0 Å². The van der Waals surface area contributed by atoms with Crippen molar-refractivity contribution >= 4 is 0 Å². The molecule has 23 heavy (non-hydrogen) atoms. The number of aromatic nitrogens is 2. The Hall–Kier alpha value is -2.76. The summed E-state index contributed by atoms with van der Waals surface area (Å²) in [6.07, 6.45) is 0. The Morgan fingerprint density at radius 1 is 1.00 bits per heavy atom. The highest BCUT2D eigenvalue weighted by Gasteiger charge is 2.18. The van der Waals surface area contributed by atoms with E-state index in [1.54, 1.807) is 0 Å². The van der Waals surface area contributed by atoms with Gasteiger partial charge in [-0.2, -0.15) is 4.98 Å². The number of benzene rings is 2. The number of hydrogen-bond donors (Lipinski definition) is 0. The third kappa shape index (κ3) is 3.06. The molecule has 0 unspecified atom stereocenters. The van der Waals surface area contributed by atoms with Crippen LogP contribution in [0.25, 0.3) is 11.5 Å². The average molecular weight is 316 g/mol.